The maximum absolute atomic E-state index is 11.7. The van der Waals surface area contributed by atoms with Gasteiger partial charge in [0.25, 0.3) is 5.91 Å². The minimum Gasteiger partial charge on any atom is -0.506 e. The number of hydrogen-bond donors (Lipinski definition) is 4. The second-order valence-corrected chi connectivity index (χ2v) is 4.33. The molecule has 0 fully saturated rings. The minimum absolute atomic E-state index is 0.232. The molecule has 0 atom stereocenters. The van der Waals surface area contributed by atoms with Crippen molar-refractivity contribution in [1.29, 1.82) is 0 Å². The fourth-order valence-corrected chi connectivity index (χ4v) is 2.13. The fourth-order valence-electron chi connectivity index (χ4n) is 2.13. The van der Waals surface area contributed by atoms with E-state index >= 15 is 0 Å². The first kappa shape index (κ1) is 13.0. The summed E-state index contributed by atoms with van der Waals surface area (Å²) >= 11 is 0. The predicted molar refractivity (Wildman–Crippen MR) is 73.3 cm³/mol. The monoisotopic (exact) mass is 261 g/mol. The Kier molecular flexibility index (Phi) is 3.18. The third kappa shape index (κ3) is 1.92. The van der Waals surface area contributed by atoms with Gasteiger partial charge < -0.3 is 15.1 Å². The maximum atomic E-state index is 11.7. The molecule has 2 aromatic rings. The summed E-state index contributed by atoms with van der Waals surface area (Å²) in [5.41, 5.74) is 2.14. The summed E-state index contributed by atoms with van der Waals surface area (Å²) in [5.74, 6) is 3.74. The lowest BCUT2D eigenvalue weighted by atomic mass is 10.0. The lowest BCUT2D eigenvalue weighted by Crippen LogP contribution is -2.30. The Morgan fingerprint density at radius 2 is 1.74 bits per heavy atom. The van der Waals surface area contributed by atoms with Crippen LogP contribution in [0.2, 0.25) is 0 Å². The molecule has 100 valence electrons. The van der Waals surface area contributed by atoms with Gasteiger partial charge in [0.1, 0.15) is 11.3 Å². The number of phenolic OH excluding ortho intramolecular Hbond substituents is 2. The first-order chi connectivity index (χ1) is 8.99. The molecule has 0 saturated carbocycles. The smallest absolute Gasteiger partial charge is 0.272 e. The molecule has 0 aliphatic rings. The number of hydrogen-bond acceptors (Lipinski definition) is 5. The number of rotatable bonds is 2. The normalized spacial score (nSPS) is 10.5. The highest BCUT2D eigenvalue weighted by Crippen LogP contribution is 2.44. The summed E-state index contributed by atoms with van der Waals surface area (Å²) in [6.45, 7) is 0. The van der Waals surface area contributed by atoms with Crippen molar-refractivity contribution >= 4 is 22.4 Å². The van der Waals surface area contributed by atoms with Crippen molar-refractivity contribution < 1.29 is 15.0 Å². The number of aromatic hydroxyl groups is 2. The maximum Gasteiger partial charge on any atom is 0.272 e. The summed E-state index contributed by atoms with van der Waals surface area (Å²) in [4.78, 5) is 13.4. The van der Waals surface area contributed by atoms with Crippen LogP contribution < -0.4 is 16.2 Å². The average molecular weight is 261 g/mol. The summed E-state index contributed by atoms with van der Waals surface area (Å²) in [6.07, 6.45) is 0. The van der Waals surface area contributed by atoms with Gasteiger partial charge in [-0.25, -0.2) is 5.84 Å². The molecule has 6 nitrogen and oxygen atoms in total. The van der Waals surface area contributed by atoms with E-state index in [9.17, 15) is 15.0 Å². The summed E-state index contributed by atoms with van der Waals surface area (Å²) in [6, 6.07) is 6.96. The molecule has 0 aliphatic carbocycles. The molecular weight excluding hydrogens is 246 g/mol. The molecule has 19 heavy (non-hydrogen) atoms. The number of hydrazine groups is 1. The summed E-state index contributed by atoms with van der Waals surface area (Å²) < 4.78 is 0. The Morgan fingerprint density at radius 1 is 1.16 bits per heavy atom. The topological polar surface area (TPSA) is 98.8 Å². The molecule has 5 N–H and O–H groups in total. The highest BCUT2D eigenvalue weighted by atomic mass is 16.3. The van der Waals surface area contributed by atoms with Crippen LogP contribution in [0.1, 0.15) is 10.4 Å². The van der Waals surface area contributed by atoms with Crippen molar-refractivity contribution in [3.8, 4) is 11.5 Å². The molecule has 6 heteroatoms. The number of fused-ring (bicyclic) bond motifs is 1. The van der Waals surface area contributed by atoms with Gasteiger partial charge in [-0.1, -0.05) is 24.3 Å². The molecule has 0 heterocycles. The highest BCUT2D eigenvalue weighted by Gasteiger charge is 2.24. The van der Waals surface area contributed by atoms with Crippen LogP contribution >= 0.6 is 0 Å². The van der Waals surface area contributed by atoms with Crippen molar-refractivity contribution in [2.24, 2.45) is 5.84 Å². The van der Waals surface area contributed by atoms with E-state index in [0.717, 1.165) is 0 Å². The lowest BCUT2D eigenvalue weighted by molar-refractivity contribution is 0.0948. The number of phenols is 2. The zero-order chi connectivity index (χ0) is 14.2. The van der Waals surface area contributed by atoms with Gasteiger partial charge >= 0.3 is 0 Å². The van der Waals surface area contributed by atoms with Gasteiger partial charge in [-0.05, 0) is 0 Å². The quantitative estimate of drug-likeness (QED) is 0.366. The minimum atomic E-state index is -0.746. The van der Waals surface area contributed by atoms with Crippen molar-refractivity contribution in [3.05, 3.63) is 29.8 Å². The van der Waals surface area contributed by atoms with Crippen LogP contribution in [0.4, 0.5) is 5.69 Å². The SMILES string of the molecule is CN(C)c1c(O)c(C(=O)NN)c(O)c2ccccc12. The molecule has 0 aliphatic heterocycles. The Morgan fingerprint density at radius 3 is 2.26 bits per heavy atom. The lowest BCUT2D eigenvalue weighted by Gasteiger charge is -2.20. The van der Waals surface area contributed by atoms with E-state index in [1.165, 1.54) is 0 Å². The van der Waals surface area contributed by atoms with Crippen molar-refractivity contribution in [3.63, 3.8) is 0 Å². The number of amides is 1. The van der Waals surface area contributed by atoms with Gasteiger partial charge in [0, 0.05) is 24.9 Å². The molecule has 0 saturated heterocycles. The first-order valence-corrected chi connectivity index (χ1v) is 5.64. The molecular formula is C13H15N3O3. The van der Waals surface area contributed by atoms with E-state index in [0.29, 0.717) is 16.5 Å². The van der Waals surface area contributed by atoms with Crippen LogP contribution in [0, 0.1) is 0 Å². The van der Waals surface area contributed by atoms with Gasteiger partial charge in [0.05, 0.1) is 5.69 Å². The molecule has 0 bridgehead atoms. The average Bonchev–Trinajstić information content (AvgIpc) is 2.38. The van der Waals surface area contributed by atoms with Crippen LogP contribution in [0.3, 0.4) is 0 Å². The second kappa shape index (κ2) is 4.66. The van der Waals surface area contributed by atoms with Crippen molar-refractivity contribution in [2.75, 3.05) is 19.0 Å². The zero-order valence-electron chi connectivity index (χ0n) is 10.6. The van der Waals surface area contributed by atoms with Crippen LogP contribution in [0.15, 0.2) is 24.3 Å². The molecule has 2 aromatic carbocycles. The van der Waals surface area contributed by atoms with Gasteiger partial charge in [-0.3, -0.25) is 10.2 Å². The third-order valence-corrected chi connectivity index (χ3v) is 2.94. The van der Waals surface area contributed by atoms with Crippen LogP contribution in [-0.2, 0) is 0 Å². The van der Waals surface area contributed by atoms with Crippen LogP contribution in [-0.4, -0.2) is 30.2 Å². The summed E-state index contributed by atoms with van der Waals surface area (Å²) in [7, 11) is 3.48. The van der Waals surface area contributed by atoms with Gasteiger partial charge in [0.2, 0.25) is 0 Å². The van der Waals surface area contributed by atoms with Crippen molar-refractivity contribution in [2.45, 2.75) is 0 Å². The number of nitrogens with zero attached hydrogens (tertiary/aromatic N) is 1. The number of carbonyl (C=O) groups excluding carboxylic acids is 1. The molecule has 0 radical (unpaired) electrons. The van der Waals surface area contributed by atoms with Crippen molar-refractivity contribution in [1.82, 2.24) is 5.43 Å². The van der Waals surface area contributed by atoms with E-state index in [-0.39, 0.29) is 17.1 Å². The first-order valence-electron chi connectivity index (χ1n) is 5.64. The van der Waals surface area contributed by atoms with E-state index in [1.807, 2.05) is 5.43 Å². The molecule has 0 unspecified atom stereocenters. The standard InChI is InChI=1S/C13H15N3O3/c1-16(2)10-7-5-3-4-6-8(7)11(17)9(12(10)18)13(19)15-14/h3-6,17-18H,14H2,1-2H3,(H,15,19). The van der Waals surface area contributed by atoms with E-state index in [1.54, 1.807) is 43.3 Å². The van der Waals surface area contributed by atoms with Gasteiger partial charge in [-0.15, -0.1) is 0 Å². The van der Waals surface area contributed by atoms with Crippen LogP contribution in [0.25, 0.3) is 10.8 Å². The number of benzene rings is 2. The zero-order valence-corrected chi connectivity index (χ0v) is 10.6. The van der Waals surface area contributed by atoms with Crippen LogP contribution in [0.5, 0.6) is 11.5 Å². The predicted octanol–water partition coefficient (Wildman–Crippen LogP) is 0.921. The Hall–Kier alpha value is -2.47. The molecule has 0 aromatic heterocycles. The Bertz CT molecular complexity index is 653. The fraction of sp³-hybridized carbons (Fsp3) is 0.154. The number of nitrogen functional groups attached to an aromatic ring is 1. The summed E-state index contributed by atoms with van der Waals surface area (Å²) in [5, 5.41) is 21.5. The Labute approximate surface area is 110 Å². The Balaban J connectivity index is 2.95. The van der Waals surface area contributed by atoms with Gasteiger partial charge in [0.15, 0.2) is 5.75 Å². The third-order valence-electron chi connectivity index (χ3n) is 2.94. The number of nitrogens with two attached hydrogens (primary N) is 1. The van der Waals surface area contributed by atoms with E-state index in [4.69, 9.17) is 5.84 Å². The molecule has 0 spiro atoms. The van der Waals surface area contributed by atoms with E-state index in [2.05, 4.69) is 0 Å². The van der Waals surface area contributed by atoms with Gasteiger partial charge in [-0.2, -0.15) is 0 Å². The second-order valence-electron chi connectivity index (χ2n) is 4.33. The highest BCUT2D eigenvalue weighted by molar-refractivity contribution is 6.11. The number of nitrogens with one attached hydrogen (secondary N) is 1. The number of anilines is 1. The number of carbonyl (C=O) groups is 1. The molecule has 1 amide bonds. The largest absolute Gasteiger partial charge is 0.506 e. The molecule has 2 rings (SSSR count). The van der Waals surface area contributed by atoms with E-state index < -0.39 is 5.91 Å².